The van der Waals surface area contributed by atoms with Crippen molar-refractivity contribution in [1.82, 2.24) is 4.90 Å². The number of piperidine rings is 1. The molecule has 6 heteroatoms. The molecule has 2 bridgehead atoms. The van der Waals surface area contributed by atoms with Gasteiger partial charge in [0.15, 0.2) is 0 Å². The van der Waals surface area contributed by atoms with E-state index in [2.05, 4.69) is 4.90 Å². The van der Waals surface area contributed by atoms with E-state index in [0.29, 0.717) is 12.0 Å². The predicted molar refractivity (Wildman–Crippen MR) is 87.6 cm³/mol. The van der Waals surface area contributed by atoms with Crippen LogP contribution in [0, 0.1) is 5.92 Å². The van der Waals surface area contributed by atoms with E-state index in [9.17, 15) is 9.59 Å². The fraction of sp³-hybridized carbons (Fsp3) is 0.529. The van der Waals surface area contributed by atoms with Gasteiger partial charge in [-0.3, -0.25) is 9.69 Å². The number of halogens is 1. The van der Waals surface area contributed by atoms with Gasteiger partial charge in [0.05, 0.1) is 18.6 Å². The maximum Gasteiger partial charge on any atom is 0.338 e. The van der Waals surface area contributed by atoms with E-state index in [4.69, 9.17) is 9.47 Å². The molecule has 2 fully saturated rings. The zero-order chi connectivity index (χ0) is 15.7. The quantitative estimate of drug-likeness (QED) is 0.791. The number of carbonyl (C=O) groups is 2. The van der Waals surface area contributed by atoms with Crippen LogP contribution < -0.4 is 0 Å². The molecule has 2 aliphatic heterocycles. The minimum absolute atomic E-state index is 0. The highest BCUT2D eigenvalue weighted by molar-refractivity contribution is 5.89. The second kappa shape index (κ2) is 7.32. The Morgan fingerprint density at radius 1 is 1.13 bits per heavy atom. The SMILES string of the molecule is COC(=O)C1CC(OC(=O)c2ccccc2)C2CCC1N2C.Cl. The lowest BCUT2D eigenvalue weighted by molar-refractivity contribution is -0.152. The van der Waals surface area contributed by atoms with Crippen LogP contribution >= 0.6 is 12.4 Å². The number of nitrogens with zero attached hydrogens (tertiary/aromatic N) is 1. The molecule has 1 aromatic rings. The molecule has 2 saturated heterocycles. The maximum absolute atomic E-state index is 12.3. The number of methoxy groups -OCH3 is 1. The molecule has 2 aliphatic rings. The Morgan fingerprint density at radius 3 is 2.43 bits per heavy atom. The van der Waals surface area contributed by atoms with Crippen LogP contribution in [0.5, 0.6) is 0 Å². The first-order chi connectivity index (χ1) is 10.6. The van der Waals surface area contributed by atoms with Gasteiger partial charge >= 0.3 is 11.9 Å². The van der Waals surface area contributed by atoms with E-state index >= 15 is 0 Å². The number of hydrogen-bond donors (Lipinski definition) is 0. The number of esters is 2. The van der Waals surface area contributed by atoms with Gasteiger partial charge in [-0.25, -0.2) is 4.79 Å². The number of ether oxygens (including phenoxy) is 2. The number of fused-ring (bicyclic) bond motifs is 2. The largest absolute Gasteiger partial charge is 0.469 e. The third-order valence-electron chi connectivity index (χ3n) is 4.96. The molecular formula is C17H22ClNO4. The summed E-state index contributed by atoms with van der Waals surface area (Å²) in [4.78, 5) is 26.5. The number of rotatable bonds is 3. The zero-order valence-electron chi connectivity index (χ0n) is 13.3. The first kappa shape index (κ1) is 17.8. The molecule has 5 nitrogen and oxygen atoms in total. The van der Waals surface area contributed by atoms with Crippen molar-refractivity contribution in [3.63, 3.8) is 0 Å². The first-order valence-corrected chi connectivity index (χ1v) is 7.67. The summed E-state index contributed by atoms with van der Waals surface area (Å²) >= 11 is 0. The van der Waals surface area contributed by atoms with E-state index < -0.39 is 0 Å². The molecule has 23 heavy (non-hydrogen) atoms. The van der Waals surface area contributed by atoms with Crippen molar-refractivity contribution in [3.8, 4) is 0 Å². The van der Waals surface area contributed by atoms with E-state index in [0.717, 1.165) is 12.8 Å². The predicted octanol–water partition coefficient (Wildman–Crippen LogP) is 2.29. The third kappa shape index (κ3) is 3.35. The van der Waals surface area contributed by atoms with Gasteiger partial charge in [-0.2, -0.15) is 0 Å². The molecule has 0 saturated carbocycles. The van der Waals surface area contributed by atoms with Crippen LogP contribution in [0.1, 0.15) is 29.6 Å². The molecule has 1 aromatic carbocycles. The van der Waals surface area contributed by atoms with Crippen LogP contribution in [0.3, 0.4) is 0 Å². The molecule has 3 rings (SSSR count). The number of benzene rings is 1. The first-order valence-electron chi connectivity index (χ1n) is 7.67. The van der Waals surface area contributed by atoms with Gasteiger partial charge in [0.1, 0.15) is 6.10 Å². The summed E-state index contributed by atoms with van der Waals surface area (Å²) in [5.74, 6) is -0.756. The molecular weight excluding hydrogens is 318 g/mol. The second-order valence-corrected chi connectivity index (χ2v) is 6.05. The van der Waals surface area contributed by atoms with Crippen LogP contribution in [0.2, 0.25) is 0 Å². The molecule has 0 aliphatic carbocycles. The van der Waals surface area contributed by atoms with Crippen molar-refractivity contribution in [1.29, 1.82) is 0 Å². The highest BCUT2D eigenvalue weighted by Crippen LogP contribution is 2.40. The fourth-order valence-electron chi connectivity index (χ4n) is 3.80. The van der Waals surface area contributed by atoms with Crippen molar-refractivity contribution in [2.45, 2.75) is 37.5 Å². The Bertz CT molecular complexity index is 565. The smallest absolute Gasteiger partial charge is 0.338 e. The van der Waals surface area contributed by atoms with Gasteiger partial charge < -0.3 is 9.47 Å². The molecule has 0 aromatic heterocycles. The van der Waals surface area contributed by atoms with Gasteiger partial charge in [0.2, 0.25) is 0 Å². The molecule has 2 heterocycles. The Balaban J connectivity index is 0.00000192. The average Bonchev–Trinajstić information content (AvgIpc) is 2.81. The summed E-state index contributed by atoms with van der Waals surface area (Å²) in [6.07, 6.45) is 2.17. The topological polar surface area (TPSA) is 55.8 Å². The molecule has 4 atom stereocenters. The number of carbonyl (C=O) groups excluding carboxylic acids is 2. The Kier molecular flexibility index (Phi) is 5.65. The minimum atomic E-state index is -0.326. The summed E-state index contributed by atoms with van der Waals surface area (Å²) in [5.41, 5.74) is 0.542. The van der Waals surface area contributed by atoms with Gasteiger partial charge in [0, 0.05) is 18.5 Å². The number of hydrogen-bond acceptors (Lipinski definition) is 5. The van der Waals surface area contributed by atoms with Gasteiger partial charge in [-0.05, 0) is 32.0 Å². The Morgan fingerprint density at radius 2 is 1.78 bits per heavy atom. The molecule has 4 unspecified atom stereocenters. The monoisotopic (exact) mass is 339 g/mol. The van der Waals surface area contributed by atoms with Crippen molar-refractivity contribution in [2.24, 2.45) is 5.92 Å². The van der Waals surface area contributed by atoms with E-state index in [1.54, 1.807) is 12.1 Å². The van der Waals surface area contributed by atoms with Crippen LogP contribution in [0.4, 0.5) is 0 Å². The van der Waals surface area contributed by atoms with E-state index in [-0.39, 0.29) is 48.5 Å². The van der Waals surface area contributed by atoms with Crippen molar-refractivity contribution >= 4 is 24.3 Å². The molecule has 0 radical (unpaired) electrons. The standard InChI is InChI=1S/C17H21NO4.ClH/c1-18-13-8-9-14(18)15(10-12(13)17(20)21-2)22-16(19)11-6-4-3-5-7-11;/h3-7,12-15H,8-10H2,1-2H3;1H. The summed E-state index contributed by atoms with van der Waals surface area (Å²) in [6, 6.07) is 9.36. The van der Waals surface area contributed by atoms with Crippen molar-refractivity contribution in [3.05, 3.63) is 35.9 Å². The van der Waals surface area contributed by atoms with Crippen molar-refractivity contribution in [2.75, 3.05) is 14.2 Å². The van der Waals surface area contributed by atoms with Gasteiger partial charge in [-0.1, -0.05) is 18.2 Å². The lowest BCUT2D eigenvalue weighted by Gasteiger charge is -2.40. The van der Waals surface area contributed by atoms with Crippen LogP contribution in [-0.4, -0.2) is 49.2 Å². The number of likely N-dealkylation sites (N-methyl/N-ethyl adjacent to an activating group) is 1. The third-order valence-corrected chi connectivity index (χ3v) is 4.96. The summed E-state index contributed by atoms with van der Waals surface area (Å²) in [6.45, 7) is 0. The fourth-order valence-corrected chi connectivity index (χ4v) is 3.80. The van der Waals surface area contributed by atoms with E-state index in [1.807, 2.05) is 25.2 Å². The lowest BCUT2D eigenvalue weighted by atomic mass is 9.89. The summed E-state index contributed by atoms with van der Waals surface area (Å²) in [5, 5.41) is 0. The summed E-state index contributed by atoms with van der Waals surface area (Å²) in [7, 11) is 3.41. The molecule has 0 N–H and O–H groups in total. The van der Waals surface area contributed by atoms with Crippen LogP contribution in [0.15, 0.2) is 30.3 Å². The van der Waals surface area contributed by atoms with Crippen molar-refractivity contribution < 1.29 is 19.1 Å². The zero-order valence-corrected chi connectivity index (χ0v) is 14.1. The van der Waals surface area contributed by atoms with Gasteiger partial charge in [-0.15, -0.1) is 12.4 Å². The lowest BCUT2D eigenvalue weighted by Crippen LogP contribution is -2.53. The highest BCUT2D eigenvalue weighted by atomic mass is 35.5. The molecule has 126 valence electrons. The van der Waals surface area contributed by atoms with E-state index in [1.165, 1.54) is 7.11 Å². The Hall–Kier alpha value is -1.59. The normalized spacial score (nSPS) is 29.5. The summed E-state index contributed by atoms with van der Waals surface area (Å²) < 4.78 is 10.6. The minimum Gasteiger partial charge on any atom is -0.469 e. The maximum atomic E-state index is 12.3. The second-order valence-electron chi connectivity index (χ2n) is 6.05. The van der Waals surface area contributed by atoms with Crippen LogP contribution in [-0.2, 0) is 14.3 Å². The molecule has 0 spiro atoms. The highest BCUT2D eigenvalue weighted by Gasteiger charge is 2.50. The van der Waals surface area contributed by atoms with Crippen LogP contribution in [0.25, 0.3) is 0 Å². The van der Waals surface area contributed by atoms with Gasteiger partial charge in [0.25, 0.3) is 0 Å². The molecule has 0 amide bonds. The Labute approximate surface area is 142 Å². The average molecular weight is 340 g/mol.